The smallest absolute Gasteiger partial charge is 0.0167 e. The Balaban J connectivity index is 1.79. The van der Waals surface area contributed by atoms with Crippen LogP contribution in [0.4, 0.5) is 0 Å². The Morgan fingerprint density at radius 3 is 2.82 bits per heavy atom. The van der Waals surface area contributed by atoms with E-state index in [2.05, 4.69) is 54.4 Å². The fourth-order valence-electron chi connectivity index (χ4n) is 2.57. The predicted octanol–water partition coefficient (Wildman–Crippen LogP) is 2.30. The SMILES string of the molecule is CC1CN(C(C)CCc2ccccc2)CCN1. The topological polar surface area (TPSA) is 15.3 Å². The van der Waals surface area contributed by atoms with Crippen LogP contribution in [0.25, 0.3) is 0 Å². The summed E-state index contributed by atoms with van der Waals surface area (Å²) >= 11 is 0. The molecular formula is C15H24N2. The van der Waals surface area contributed by atoms with Gasteiger partial charge in [-0.05, 0) is 32.3 Å². The quantitative estimate of drug-likeness (QED) is 0.857. The number of hydrogen-bond donors (Lipinski definition) is 1. The number of rotatable bonds is 4. The first kappa shape index (κ1) is 12.6. The molecule has 0 aliphatic carbocycles. The van der Waals surface area contributed by atoms with Crippen LogP contribution >= 0.6 is 0 Å². The highest BCUT2D eigenvalue weighted by atomic mass is 15.2. The highest BCUT2D eigenvalue weighted by Crippen LogP contribution is 2.11. The molecule has 1 aromatic carbocycles. The van der Waals surface area contributed by atoms with Gasteiger partial charge in [-0.1, -0.05) is 30.3 Å². The highest BCUT2D eigenvalue weighted by molar-refractivity contribution is 5.14. The number of aryl methyl sites for hydroxylation is 1. The van der Waals surface area contributed by atoms with Crippen LogP contribution in [0.3, 0.4) is 0 Å². The molecule has 1 heterocycles. The lowest BCUT2D eigenvalue weighted by Crippen LogP contribution is -2.52. The minimum Gasteiger partial charge on any atom is -0.312 e. The van der Waals surface area contributed by atoms with Gasteiger partial charge in [0.2, 0.25) is 0 Å². The van der Waals surface area contributed by atoms with Crippen molar-refractivity contribution in [3.63, 3.8) is 0 Å². The summed E-state index contributed by atoms with van der Waals surface area (Å²) in [5.41, 5.74) is 1.46. The molecule has 1 N–H and O–H groups in total. The van der Waals surface area contributed by atoms with E-state index in [4.69, 9.17) is 0 Å². The zero-order valence-electron chi connectivity index (χ0n) is 11.0. The summed E-state index contributed by atoms with van der Waals surface area (Å²) in [6.07, 6.45) is 2.46. The van der Waals surface area contributed by atoms with Crippen molar-refractivity contribution >= 4 is 0 Å². The molecule has 2 heteroatoms. The molecule has 1 saturated heterocycles. The minimum atomic E-state index is 0.642. The molecule has 0 radical (unpaired) electrons. The van der Waals surface area contributed by atoms with Crippen molar-refractivity contribution in [3.8, 4) is 0 Å². The standard InChI is InChI=1S/C15H24N2/c1-13-12-17(11-10-16-13)14(2)8-9-15-6-4-3-5-7-15/h3-7,13-14,16H,8-12H2,1-2H3. The van der Waals surface area contributed by atoms with Gasteiger partial charge < -0.3 is 5.32 Å². The summed E-state index contributed by atoms with van der Waals surface area (Å²) in [5.74, 6) is 0. The Hall–Kier alpha value is -0.860. The third-order valence-electron chi connectivity index (χ3n) is 3.72. The number of piperazine rings is 1. The molecule has 94 valence electrons. The molecule has 2 rings (SSSR count). The van der Waals surface area contributed by atoms with Crippen molar-refractivity contribution in [2.75, 3.05) is 19.6 Å². The number of nitrogens with one attached hydrogen (secondary N) is 1. The first-order chi connectivity index (χ1) is 8.25. The second kappa shape index (κ2) is 6.18. The Labute approximate surface area is 105 Å². The third-order valence-corrected chi connectivity index (χ3v) is 3.72. The van der Waals surface area contributed by atoms with E-state index in [-0.39, 0.29) is 0 Å². The molecule has 1 aliphatic heterocycles. The summed E-state index contributed by atoms with van der Waals surface area (Å²) in [5, 5.41) is 3.50. The van der Waals surface area contributed by atoms with Crippen molar-refractivity contribution in [1.82, 2.24) is 10.2 Å². The maximum absolute atomic E-state index is 3.50. The van der Waals surface area contributed by atoms with Crippen LogP contribution in [-0.4, -0.2) is 36.6 Å². The van der Waals surface area contributed by atoms with E-state index in [1.807, 2.05) is 0 Å². The van der Waals surface area contributed by atoms with Gasteiger partial charge >= 0.3 is 0 Å². The van der Waals surface area contributed by atoms with Gasteiger partial charge in [0, 0.05) is 31.7 Å². The van der Waals surface area contributed by atoms with E-state index >= 15 is 0 Å². The maximum Gasteiger partial charge on any atom is 0.0167 e. The first-order valence-electron chi connectivity index (χ1n) is 6.77. The lowest BCUT2D eigenvalue weighted by molar-refractivity contribution is 0.152. The normalized spacial score (nSPS) is 23.5. The molecule has 0 amide bonds. The molecule has 0 bridgehead atoms. The van der Waals surface area contributed by atoms with Crippen molar-refractivity contribution in [3.05, 3.63) is 35.9 Å². The number of benzene rings is 1. The monoisotopic (exact) mass is 232 g/mol. The highest BCUT2D eigenvalue weighted by Gasteiger charge is 2.19. The second-order valence-electron chi connectivity index (χ2n) is 5.22. The fourth-order valence-corrected chi connectivity index (χ4v) is 2.57. The van der Waals surface area contributed by atoms with Crippen LogP contribution in [-0.2, 0) is 6.42 Å². The van der Waals surface area contributed by atoms with Gasteiger partial charge in [-0.2, -0.15) is 0 Å². The Morgan fingerprint density at radius 2 is 2.12 bits per heavy atom. The van der Waals surface area contributed by atoms with E-state index in [9.17, 15) is 0 Å². The summed E-state index contributed by atoms with van der Waals surface area (Å²) in [6.45, 7) is 8.16. The van der Waals surface area contributed by atoms with Crippen LogP contribution in [0, 0.1) is 0 Å². The zero-order chi connectivity index (χ0) is 12.1. The van der Waals surface area contributed by atoms with Crippen LogP contribution < -0.4 is 5.32 Å². The second-order valence-corrected chi connectivity index (χ2v) is 5.22. The Kier molecular flexibility index (Phi) is 4.57. The molecule has 2 nitrogen and oxygen atoms in total. The van der Waals surface area contributed by atoms with E-state index < -0.39 is 0 Å². The van der Waals surface area contributed by atoms with Gasteiger partial charge in [-0.25, -0.2) is 0 Å². The summed E-state index contributed by atoms with van der Waals surface area (Å²) in [4.78, 5) is 2.62. The van der Waals surface area contributed by atoms with Gasteiger partial charge in [0.1, 0.15) is 0 Å². The molecule has 0 spiro atoms. The summed E-state index contributed by atoms with van der Waals surface area (Å²) in [6, 6.07) is 12.1. The molecule has 0 saturated carbocycles. The van der Waals surface area contributed by atoms with Gasteiger partial charge in [0.15, 0.2) is 0 Å². The molecule has 2 atom stereocenters. The van der Waals surface area contributed by atoms with E-state index in [0.29, 0.717) is 12.1 Å². The summed E-state index contributed by atoms with van der Waals surface area (Å²) in [7, 11) is 0. The van der Waals surface area contributed by atoms with Crippen molar-refractivity contribution in [2.45, 2.75) is 38.8 Å². The molecular weight excluding hydrogens is 208 g/mol. The lowest BCUT2D eigenvalue weighted by Gasteiger charge is -2.36. The fraction of sp³-hybridized carbons (Fsp3) is 0.600. The average molecular weight is 232 g/mol. The van der Waals surface area contributed by atoms with E-state index in [1.54, 1.807) is 0 Å². The molecule has 17 heavy (non-hydrogen) atoms. The van der Waals surface area contributed by atoms with Crippen molar-refractivity contribution in [2.24, 2.45) is 0 Å². The zero-order valence-corrected chi connectivity index (χ0v) is 11.0. The molecule has 1 fully saturated rings. The molecule has 1 aromatic rings. The van der Waals surface area contributed by atoms with Crippen molar-refractivity contribution in [1.29, 1.82) is 0 Å². The predicted molar refractivity (Wildman–Crippen MR) is 73.3 cm³/mol. The number of nitrogens with zero attached hydrogens (tertiary/aromatic N) is 1. The molecule has 1 aliphatic rings. The van der Waals surface area contributed by atoms with Gasteiger partial charge in [0.25, 0.3) is 0 Å². The Morgan fingerprint density at radius 1 is 1.35 bits per heavy atom. The van der Waals surface area contributed by atoms with Crippen LogP contribution in [0.5, 0.6) is 0 Å². The first-order valence-corrected chi connectivity index (χ1v) is 6.77. The molecule has 2 unspecified atom stereocenters. The Bertz CT molecular complexity index is 323. The van der Waals surface area contributed by atoms with Gasteiger partial charge in [-0.3, -0.25) is 4.90 Å². The lowest BCUT2D eigenvalue weighted by atomic mass is 10.0. The largest absolute Gasteiger partial charge is 0.312 e. The van der Waals surface area contributed by atoms with Gasteiger partial charge in [0.05, 0.1) is 0 Å². The van der Waals surface area contributed by atoms with E-state index in [1.165, 1.54) is 31.5 Å². The van der Waals surface area contributed by atoms with Crippen LogP contribution in [0.2, 0.25) is 0 Å². The summed E-state index contributed by atoms with van der Waals surface area (Å²) < 4.78 is 0. The molecule has 0 aromatic heterocycles. The van der Waals surface area contributed by atoms with Crippen LogP contribution in [0.15, 0.2) is 30.3 Å². The maximum atomic E-state index is 3.50. The third kappa shape index (κ3) is 3.83. The average Bonchev–Trinajstić information content (AvgIpc) is 2.37. The van der Waals surface area contributed by atoms with E-state index in [0.717, 1.165) is 6.54 Å². The minimum absolute atomic E-state index is 0.642. The van der Waals surface area contributed by atoms with Crippen LogP contribution in [0.1, 0.15) is 25.8 Å². The van der Waals surface area contributed by atoms with Gasteiger partial charge in [-0.15, -0.1) is 0 Å². The number of hydrogen-bond acceptors (Lipinski definition) is 2. The van der Waals surface area contributed by atoms with Crippen molar-refractivity contribution < 1.29 is 0 Å².